The van der Waals surface area contributed by atoms with E-state index in [0.717, 1.165) is 13.0 Å². The minimum absolute atomic E-state index is 0.222. The van der Waals surface area contributed by atoms with Crippen LogP contribution in [0.3, 0.4) is 0 Å². The van der Waals surface area contributed by atoms with Gasteiger partial charge in [0.1, 0.15) is 17.8 Å². The number of aromatic nitrogens is 3. The Bertz CT molecular complexity index is 495. The van der Waals surface area contributed by atoms with Crippen molar-refractivity contribution in [3.8, 4) is 0 Å². The minimum Gasteiger partial charge on any atom is -0.369 e. The van der Waals surface area contributed by atoms with Crippen molar-refractivity contribution in [3.63, 3.8) is 0 Å². The summed E-state index contributed by atoms with van der Waals surface area (Å²) >= 11 is 0. The summed E-state index contributed by atoms with van der Waals surface area (Å²) in [4.78, 5) is 19.8. The predicted molar refractivity (Wildman–Crippen MR) is 65.3 cm³/mol. The minimum atomic E-state index is -0.376. The zero-order chi connectivity index (χ0) is 12.8. The number of nitrogens with zero attached hydrogens (tertiary/aromatic N) is 3. The first kappa shape index (κ1) is 12.0. The fourth-order valence-corrected chi connectivity index (χ4v) is 1.25. The van der Waals surface area contributed by atoms with Gasteiger partial charge in [-0.3, -0.25) is 4.79 Å². The molecule has 7 heteroatoms. The van der Waals surface area contributed by atoms with Gasteiger partial charge in [-0.25, -0.2) is 9.97 Å². The molecule has 1 amide bonds. The third-order valence-electron chi connectivity index (χ3n) is 2.12. The lowest BCUT2D eigenvalue weighted by atomic mass is 10.4. The van der Waals surface area contributed by atoms with Gasteiger partial charge in [-0.15, -0.1) is 0 Å². The molecule has 2 aromatic heterocycles. The molecule has 18 heavy (non-hydrogen) atoms. The summed E-state index contributed by atoms with van der Waals surface area (Å²) < 4.78 is 4.60. The zero-order valence-corrected chi connectivity index (χ0v) is 9.88. The number of anilines is 2. The highest BCUT2D eigenvalue weighted by molar-refractivity contribution is 6.02. The van der Waals surface area contributed by atoms with Crippen molar-refractivity contribution in [3.05, 3.63) is 30.4 Å². The Kier molecular flexibility index (Phi) is 3.85. The zero-order valence-electron chi connectivity index (χ0n) is 9.88. The van der Waals surface area contributed by atoms with Gasteiger partial charge in [-0.2, -0.15) is 0 Å². The van der Waals surface area contributed by atoms with Crippen LogP contribution in [0, 0.1) is 0 Å². The second-order valence-corrected chi connectivity index (χ2v) is 3.55. The second-order valence-electron chi connectivity index (χ2n) is 3.55. The number of hydrogen-bond donors (Lipinski definition) is 2. The van der Waals surface area contributed by atoms with Crippen LogP contribution in [-0.4, -0.2) is 27.6 Å². The Morgan fingerprint density at radius 1 is 1.33 bits per heavy atom. The summed E-state index contributed by atoms with van der Waals surface area (Å²) in [5.41, 5.74) is 0.222. The number of hydrogen-bond acceptors (Lipinski definition) is 6. The molecule has 7 nitrogen and oxygen atoms in total. The molecule has 0 bridgehead atoms. The number of carbonyl (C=O) groups excluding carboxylic acids is 1. The topological polar surface area (TPSA) is 92.9 Å². The van der Waals surface area contributed by atoms with Gasteiger partial charge >= 0.3 is 0 Å². The smallest absolute Gasteiger partial charge is 0.277 e. The molecule has 94 valence electrons. The summed E-state index contributed by atoms with van der Waals surface area (Å²) in [7, 11) is 0. The van der Waals surface area contributed by atoms with Crippen LogP contribution in [0.5, 0.6) is 0 Å². The van der Waals surface area contributed by atoms with Gasteiger partial charge in [0.05, 0.1) is 12.4 Å². The number of amides is 1. The Morgan fingerprint density at radius 2 is 2.22 bits per heavy atom. The summed E-state index contributed by atoms with van der Waals surface area (Å²) in [6.45, 7) is 2.87. The van der Waals surface area contributed by atoms with Crippen LogP contribution in [0.15, 0.2) is 29.2 Å². The van der Waals surface area contributed by atoms with E-state index in [1.165, 1.54) is 18.7 Å². The van der Waals surface area contributed by atoms with Crippen molar-refractivity contribution in [2.24, 2.45) is 0 Å². The molecule has 0 unspecified atom stereocenters. The van der Waals surface area contributed by atoms with E-state index >= 15 is 0 Å². The standard InChI is InChI=1S/C11H13N5O2/c1-2-4-12-10-7-13-8(6-14-10)11(17)15-9-3-5-18-16-9/h3,5-7H,2,4H2,1H3,(H,12,14)(H,15,16,17). The van der Waals surface area contributed by atoms with Crippen molar-refractivity contribution in [1.82, 2.24) is 15.1 Å². The SMILES string of the molecule is CCCNc1cnc(C(=O)Nc2ccon2)cn1. The van der Waals surface area contributed by atoms with E-state index in [9.17, 15) is 4.79 Å². The first-order valence-corrected chi connectivity index (χ1v) is 5.57. The van der Waals surface area contributed by atoms with Crippen molar-refractivity contribution in [2.75, 3.05) is 17.2 Å². The summed E-state index contributed by atoms with van der Waals surface area (Å²) in [5.74, 6) is 0.614. The van der Waals surface area contributed by atoms with Crippen molar-refractivity contribution in [1.29, 1.82) is 0 Å². The molecule has 2 N–H and O–H groups in total. The fourth-order valence-electron chi connectivity index (χ4n) is 1.25. The van der Waals surface area contributed by atoms with Gasteiger partial charge in [0, 0.05) is 12.6 Å². The average Bonchev–Trinajstić information content (AvgIpc) is 2.89. The molecule has 0 aromatic carbocycles. The number of nitrogens with one attached hydrogen (secondary N) is 2. The Labute approximate surface area is 104 Å². The van der Waals surface area contributed by atoms with Crippen LogP contribution in [0.4, 0.5) is 11.6 Å². The highest BCUT2D eigenvalue weighted by Crippen LogP contribution is 2.05. The normalized spacial score (nSPS) is 10.1. The maximum atomic E-state index is 11.7. The molecule has 2 heterocycles. The first-order valence-electron chi connectivity index (χ1n) is 5.57. The van der Waals surface area contributed by atoms with Crippen LogP contribution in [-0.2, 0) is 0 Å². The van der Waals surface area contributed by atoms with Gasteiger partial charge < -0.3 is 15.2 Å². The van der Waals surface area contributed by atoms with E-state index in [1.807, 2.05) is 0 Å². The highest BCUT2D eigenvalue weighted by Gasteiger charge is 2.09. The van der Waals surface area contributed by atoms with Crippen LogP contribution in [0.1, 0.15) is 23.8 Å². The van der Waals surface area contributed by atoms with Crippen LogP contribution >= 0.6 is 0 Å². The monoisotopic (exact) mass is 247 g/mol. The molecule has 0 spiro atoms. The van der Waals surface area contributed by atoms with E-state index in [2.05, 4.69) is 37.2 Å². The van der Waals surface area contributed by atoms with Crippen LogP contribution in [0.2, 0.25) is 0 Å². The maximum Gasteiger partial charge on any atom is 0.277 e. The molecule has 0 aliphatic heterocycles. The molecule has 0 radical (unpaired) electrons. The van der Waals surface area contributed by atoms with E-state index in [-0.39, 0.29) is 11.6 Å². The van der Waals surface area contributed by atoms with Gasteiger partial charge in [0.25, 0.3) is 5.91 Å². The molecule has 0 atom stereocenters. The third kappa shape index (κ3) is 3.03. The quantitative estimate of drug-likeness (QED) is 0.832. The first-order chi connectivity index (χ1) is 8.79. The van der Waals surface area contributed by atoms with Crippen LogP contribution in [0.25, 0.3) is 0 Å². The van der Waals surface area contributed by atoms with E-state index in [0.29, 0.717) is 11.6 Å². The number of carbonyl (C=O) groups is 1. The van der Waals surface area contributed by atoms with Gasteiger partial charge in [-0.05, 0) is 6.42 Å². The predicted octanol–water partition coefficient (Wildman–Crippen LogP) is 1.54. The molecule has 0 aliphatic carbocycles. The molecule has 0 saturated heterocycles. The molecule has 0 aliphatic rings. The van der Waals surface area contributed by atoms with Crippen LogP contribution < -0.4 is 10.6 Å². The highest BCUT2D eigenvalue weighted by atomic mass is 16.5. The Hall–Kier alpha value is -2.44. The summed E-state index contributed by atoms with van der Waals surface area (Å²) in [6, 6.07) is 1.54. The fraction of sp³-hybridized carbons (Fsp3) is 0.273. The van der Waals surface area contributed by atoms with Crippen molar-refractivity contribution in [2.45, 2.75) is 13.3 Å². The number of rotatable bonds is 5. The Morgan fingerprint density at radius 3 is 2.83 bits per heavy atom. The van der Waals surface area contributed by atoms with E-state index in [1.54, 1.807) is 6.07 Å². The lowest BCUT2D eigenvalue weighted by Crippen LogP contribution is -2.14. The van der Waals surface area contributed by atoms with Gasteiger partial charge in [-0.1, -0.05) is 12.1 Å². The third-order valence-corrected chi connectivity index (χ3v) is 2.12. The molecule has 0 saturated carbocycles. The lowest BCUT2D eigenvalue weighted by Gasteiger charge is -2.04. The Balaban J connectivity index is 1.98. The van der Waals surface area contributed by atoms with E-state index < -0.39 is 0 Å². The molecule has 2 rings (SSSR count). The molecular formula is C11H13N5O2. The molecular weight excluding hydrogens is 234 g/mol. The van der Waals surface area contributed by atoms with Gasteiger partial charge in [0.2, 0.25) is 0 Å². The second kappa shape index (κ2) is 5.76. The lowest BCUT2D eigenvalue weighted by molar-refractivity contribution is 0.102. The molecule has 2 aromatic rings. The van der Waals surface area contributed by atoms with Crippen molar-refractivity contribution >= 4 is 17.5 Å². The average molecular weight is 247 g/mol. The maximum absolute atomic E-state index is 11.7. The molecule has 0 fully saturated rings. The summed E-state index contributed by atoms with van der Waals surface area (Å²) in [6.07, 6.45) is 5.30. The van der Waals surface area contributed by atoms with E-state index in [4.69, 9.17) is 0 Å². The largest absolute Gasteiger partial charge is 0.369 e. The van der Waals surface area contributed by atoms with Gasteiger partial charge in [0.15, 0.2) is 5.82 Å². The summed E-state index contributed by atoms with van der Waals surface area (Å²) in [5, 5.41) is 9.18. The van der Waals surface area contributed by atoms with Crippen molar-refractivity contribution < 1.29 is 9.32 Å².